The van der Waals surface area contributed by atoms with Crippen LogP contribution in [0.25, 0.3) is 0 Å². The molecule has 0 fully saturated rings. The van der Waals surface area contributed by atoms with Crippen LogP contribution in [0.2, 0.25) is 5.02 Å². The average Bonchev–Trinajstić information content (AvgIpc) is 2.82. The summed E-state index contributed by atoms with van der Waals surface area (Å²) >= 11 is 5.61. The van der Waals surface area contributed by atoms with E-state index in [1.54, 1.807) is 0 Å². The fourth-order valence-electron chi connectivity index (χ4n) is 1.69. The van der Waals surface area contributed by atoms with E-state index in [1.165, 1.54) is 41.1 Å². The molecule has 0 aliphatic carbocycles. The van der Waals surface area contributed by atoms with Crippen LogP contribution in [0.15, 0.2) is 36.5 Å². The zero-order chi connectivity index (χ0) is 14.7. The van der Waals surface area contributed by atoms with Gasteiger partial charge in [0.15, 0.2) is 5.82 Å². The van der Waals surface area contributed by atoms with E-state index in [4.69, 9.17) is 16.7 Å². The Labute approximate surface area is 118 Å². The number of aliphatic carboxylic acids is 1. The summed E-state index contributed by atoms with van der Waals surface area (Å²) in [6.45, 7) is -0.353. The molecule has 0 bridgehead atoms. The number of hydrogen-bond donors (Lipinski definition) is 2. The van der Waals surface area contributed by atoms with E-state index in [2.05, 4.69) is 5.32 Å². The zero-order valence-electron chi connectivity index (χ0n) is 10.1. The largest absolute Gasteiger partial charge is 0.480 e. The van der Waals surface area contributed by atoms with E-state index in [-0.39, 0.29) is 22.9 Å². The summed E-state index contributed by atoms with van der Waals surface area (Å²) in [5.41, 5.74) is 0.0531. The molecule has 5 nitrogen and oxygen atoms in total. The van der Waals surface area contributed by atoms with Gasteiger partial charge in [-0.15, -0.1) is 0 Å². The molecule has 0 spiro atoms. The smallest absolute Gasteiger partial charge is 0.323 e. The molecule has 20 heavy (non-hydrogen) atoms. The van der Waals surface area contributed by atoms with Crippen molar-refractivity contribution in [2.24, 2.45) is 0 Å². The van der Waals surface area contributed by atoms with E-state index in [0.717, 1.165) is 0 Å². The van der Waals surface area contributed by atoms with Crippen LogP contribution in [0.1, 0.15) is 10.5 Å². The number of carbonyl (C=O) groups excluding carboxylic acids is 1. The monoisotopic (exact) mass is 296 g/mol. The van der Waals surface area contributed by atoms with Crippen molar-refractivity contribution in [2.75, 3.05) is 5.32 Å². The van der Waals surface area contributed by atoms with Gasteiger partial charge in [-0.05, 0) is 24.3 Å². The van der Waals surface area contributed by atoms with E-state index >= 15 is 0 Å². The van der Waals surface area contributed by atoms with Crippen molar-refractivity contribution in [3.63, 3.8) is 0 Å². The van der Waals surface area contributed by atoms with E-state index in [1.807, 2.05) is 0 Å². The lowest BCUT2D eigenvalue weighted by molar-refractivity contribution is -0.137. The Morgan fingerprint density at radius 3 is 2.75 bits per heavy atom. The van der Waals surface area contributed by atoms with Crippen LogP contribution in [0.4, 0.5) is 10.1 Å². The van der Waals surface area contributed by atoms with Crippen LogP contribution >= 0.6 is 11.6 Å². The van der Waals surface area contributed by atoms with Crippen molar-refractivity contribution in [2.45, 2.75) is 6.54 Å². The number of amides is 1. The second kappa shape index (κ2) is 5.75. The predicted molar refractivity (Wildman–Crippen MR) is 71.4 cm³/mol. The standard InChI is InChI=1S/C13H10ClFN2O3/c14-8-3-1-4-9(12(8)15)16-13(20)10-5-2-6-17(10)7-11(18)19/h1-6H,7H2,(H,16,20)(H,18,19). The normalized spacial score (nSPS) is 10.3. The summed E-state index contributed by atoms with van der Waals surface area (Å²) in [5.74, 6) is -2.43. The number of carboxylic acid groups (broad SMARTS) is 1. The van der Waals surface area contributed by atoms with Gasteiger partial charge in [-0.25, -0.2) is 4.39 Å². The first-order valence-corrected chi connectivity index (χ1v) is 5.99. The number of rotatable bonds is 4. The third-order valence-corrected chi connectivity index (χ3v) is 2.86. The van der Waals surface area contributed by atoms with Gasteiger partial charge in [-0.3, -0.25) is 9.59 Å². The van der Waals surface area contributed by atoms with Gasteiger partial charge in [0.05, 0.1) is 10.7 Å². The van der Waals surface area contributed by atoms with Crippen LogP contribution < -0.4 is 5.32 Å². The van der Waals surface area contributed by atoms with Crippen LogP contribution in [0, 0.1) is 5.82 Å². The number of hydrogen-bond acceptors (Lipinski definition) is 2. The second-order valence-corrected chi connectivity index (χ2v) is 4.38. The Morgan fingerprint density at radius 2 is 2.05 bits per heavy atom. The van der Waals surface area contributed by atoms with Gasteiger partial charge in [-0.2, -0.15) is 0 Å². The lowest BCUT2D eigenvalue weighted by Crippen LogP contribution is -2.19. The van der Waals surface area contributed by atoms with Crippen LogP contribution in [-0.2, 0) is 11.3 Å². The molecule has 2 rings (SSSR count). The minimum atomic E-state index is -1.08. The molecule has 104 valence electrons. The van der Waals surface area contributed by atoms with Gasteiger partial charge < -0.3 is 15.0 Å². The second-order valence-electron chi connectivity index (χ2n) is 3.97. The molecular weight excluding hydrogens is 287 g/mol. The molecular formula is C13H10ClFN2O3. The number of benzene rings is 1. The molecule has 0 aliphatic heterocycles. The highest BCUT2D eigenvalue weighted by atomic mass is 35.5. The number of halogens is 2. The molecule has 0 atom stereocenters. The van der Waals surface area contributed by atoms with Crippen molar-refractivity contribution in [3.05, 3.63) is 53.1 Å². The summed E-state index contributed by atoms with van der Waals surface area (Å²) in [4.78, 5) is 22.7. The fraction of sp³-hybridized carbons (Fsp3) is 0.0769. The number of nitrogens with zero attached hydrogens (tertiary/aromatic N) is 1. The molecule has 0 radical (unpaired) electrons. The lowest BCUT2D eigenvalue weighted by atomic mass is 10.3. The minimum Gasteiger partial charge on any atom is -0.480 e. The summed E-state index contributed by atoms with van der Waals surface area (Å²) in [6, 6.07) is 7.20. The summed E-state index contributed by atoms with van der Waals surface area (Å²) in [7, 11) is 0. The Balaban J connectivity index is 2.22. The number of carboxylic acids is 1. The van der Waals surface area contributed by atoms with E-state index in [9.17, 15) is 14.0 Å². The Hall–Kier alpha value is -2.34. The van der Waals surface area contributed by atoms with Crippen LogP contribution in [0.5, 0.6) is 0 Å². The third kappa shape index (κ3) is 2.97. The topological polar surface area (TPSA) is 71.3 Å². The maximum Gasteiger partial charge on any atom is 0.323 e. The Kier molecular flexibility index (Phi) is 4.05. The van der Waals surface area contributed by atoms with Gasteiger partial charge >= 0.3 is 5.97 Å². The first-order chi connectivity index (χ1) is 9.49. The first-order valence-electron chi connectivity index (χ1n) is 5.61. The molecule has 0 saturated heterocycles. The van der Waals surface area contributed by atoms with Crippen LogP contribution in [-0.4, -0.2) is 21.6 Å². The molecule has 1 aromatic heterocycles. The fourth-order valence-corrected chi connectivity index (χ4v) is 1.87. The van der Waals surface area contributed by atoms with Crippen molar-refractivity contribution >= 4 is 29.2 Å². The first kappa shape index (κ1) is 14.1. The van der Waals surface area contributed by atoms with Crippen molar-refractivity contribution < 1.29 is 19.1 Å². The lowest BCUT2D eigenvalue weighted by Gasteiger charge is -2.09. The highest BCUT2D eigenvalue weighted by Crippen LogP contribution is 2.22. The molecule has 1 amide bonds. The molecule has 0 saturated carbocycles. The molecule has 1 heterocycles. The Bertz CT molecular complexity index is 669. The van der Waals surface area contributed by atoms with Gasteiger partial charge in [0.2, 0.25) is 0 Å². The molecule has 7 heteroatoms. The number of anilines is 1. The predicted octanol–water partition coefficient (Wildman–Crippen LogP) is 2.62. The van der Waals surface area contributed by atoms with Gasteiger partial charge in [0.25, 0.3) is 5.91 Å². The number of carbonyl (C=O) groups is 2. The quantitative estimate of drug-likeness (QED) is 0.911. The third-order valence-electron chi connectivity index (χ3n) is 2.57. The van der Waals surface area contributed by atoms with Crippen molar-refractivity contribution in [3.8, 4) is 0 Å². The highest BCUT2D eigenvalue weighted by Gasteiger charge is 2.15. The average molecular weight is 297 g/mol. The summed E-state index contributed by atoms with van der Waals surface area (Å²) in [5, 5.41) is 11.0. The molecule has 0 aliphatic rings. The SMILES string of the molecule is O=C(O)Cn1cccc1C(=O)Nc1cccc(Cl)c1F. The van der Waals surface area contributed by atoms with Gasteiger partial charge in [0, 0.05) is 6.20 Å². The summed E-state index contributed by atoms with van der Waals surface area (Å²) < 4.78 is 14.9. The molecule has 1 aromatic carbocycles. The highest BCUT2D eigenvalue weighted by molar-refractivity contribution is 6.31. The molecule has 2 N–H and O–H groups in total. The van der Waals surface area contributed by atoms with Gasteiger partial charge in [-0.1, -0.05) is 17.7 Å². The van der Waals surface area contributed by atoms with Gasteiger partial charge in [0.1, 0.15) is 12.2 Å². The number of nitrogens with one attached hydrogen (secondary N) is 1. The maximum absolute atomic E-state index is 13.7. The zero-order valence-corrected chi connectivity index (χ0v) is 10.9. The Morgan fingerprint density at radius 1 is 1.30 bits per heavy atom. The summed E-state index contributed by atoms with van der Waals surface area (Å²) in [6.07, 6.45) is 1.46. The molecule has 2 aromatic rings. The van der Waals surface area contributed by atoms with Crippen LogP contribution in [0.3, 0.4) is 0 Å². The van der Waals surface area contributed by atoms with E-state index in [0.29, 0.717) is 0 Å². The maximum atomic E-state index is 13.7. The number of aromatic nitrogens is 1. The molecule has 0 unspecified atom stereocenters. The minimum absolute atomic E-state index is 0.0643. The van der Waals surface area contributed by atoms with Crippen molar-refractivity contribution in [1.29, 1.82) is 0 Å². The van der Waals surface area contributed by atoms with E-state index < -0.39 is 17.7 Å². The van der Waals surface area contributed by atoms with Crippen molar-refractivity contribution in [1.82, 2.24) is 4.57 Å².